The van der Waals surface area contributed by atoms with E-state index in [-0.39, 0.29) is 13.0 Å². The molecule has 0 radical (unpaired) electrons. The molecule has 94 valence electrons. The summed E-state index contributed by atoms with van der Waals surface area (Å²) in [5.74, 6) is 0. The number of aromatic amines is 1. The maximum Gasteiger partial charge on any atom is 0.330 e. The predicted molar refractivity (Wildman–Crippen MR) is 56.4 cm³/mol. The fraction of sp³-hybridized carbons (Fsp3) is 0.600. The number of nitrogens with zero attached hydrogens (tertiary/aromatic N) is 1. The first-order valence-corrected chi connectivity index (χ1v) is 5.33. The molecule has 2 unspecified atom stereocenters. The summed E-state index contributed by atoms with van der Waals surface area (Å²) >= 11 is 0. The molecule has 6 nitrogen and oxygen atoms in total. The number of nitrogens with one attached hydrogen (secondary N) is 1. The fourth-order valence-electron chi connectivity index (χ4n) is 1.84. The Morgan fingerprint density at radius 3 is 2.94 bits per heavy atom. The van der Waals surface area contributed by atoms with Gasteiger partial charge in [-0.05, 0) is 12.8 Å². The normalized spacial score (nSPS) is 29.2. The zero-order valence-corrected chi connectivity index (χ0v) is 9.01. The summed E-state index contributed by atoms with van der Waals surface area (Å²) in [5, 5.41) is 8.96. The Morgan fingerprint density at radius 1 is 1.53 bits per heavy atom. The summed E-state index contributed by atoms with van der Waals surface area (Å²) in [4.78, 5) is 24.4. The maximum atomic E-state index is 13.7. The second-order valence-electron chi connectivity index (χ2n) is 3.94. The number of ether oxygens (including phenoxy) is 1. The van der Waals surface area contributed by atoms with Crippen molar-refractivity contribution >= 4 is 0 Å². The first-order chi connectivity index (χ1) is 8.11. The second kappa shape index (κ2) is 4.80. The van der Waals surface area contributed by atoms with Gasteiger partial charge in [-0.1, -0.05) is 0 Å². The summed E-state index contributed by atoms with van der Waals surface area (Å²) in [6, 6.07) is 1.13. The van der Waals surface area contributed by atoms with Crippen LogP contribution in [0.2, 0.25) is 0 Å². The number of aliphatic hydroxyl groups excluding tert-OH is 1. The zero-order chi connectivity index (χ0) is 12.4. The molecule has 2 rings (SSSR count). The molecule has 1 saturated heterocycles. The van der Waals surface area contributed by atoms with Gasteiger partial charge in [0.05, 0.1) is 12.7 Å². The average molecular weight is 244 g/mol. The van der Waals surface area contributed by atoms with Gasteiger partial charge in [-0.2, -0.15) is 0 Å². The van der Waals surface area contributed by atoms with E-state index in [2.05, 4.69) is 0 Å². The van der Waals surface area contributed by atoms with Crippen molar-refractivity contribution < 1.29 is 14.2 Å². The van der Waals surface area contributed by atoms with Gasteiger partial charge in [0.2, 0.25) is 0 Å². The lowest BCUT2D eigenvalue weighted by molar-refractivity contribution is -0.145. The molecule has 1 aliphatic heterocycles. The van der Waals surface area contributed by atoms with Crippen LogP contribution in [0.15, 0.2) is 21.9 Å². The van der Waals surface area contributed by atoms with Gasteiger partial charge in [0.1, 0.15) is 6.17 Å². The Morgan fingerprint density at radius 2 is 2.29 bits per heavy atom. The van der Waals surface area contributed by atoms with Gasteiger partial charge in [-0.15, -0.1) is 0 Å². The topological polar surface area (TPSA) is 84.3 Å². The van der Waals surface area contributed by atoms with E-state index in [0.29, 0.717) is 6.42 Å². The Labute approximate surface area is 95.7 Å². The number of hydrogen-bond acceptors (Lipinski definition) is 4. The second-order valence-corrected chi connectivity index (χ2v) is 3.94. The third-order valence-corrected chi connectivity index (χ3v) is 2.73. The molecule has 0 aliphatic carbocycles. The molecule has 1 aliphatic rings. The van der Waals surface area contributed by atoms with Crippen LogP contribution in [0, 0.1) is 0 Å². The van der Waals surface area contributed by atoms with Crippen LogP contribution in [-0.4, -0.2) is 33.5 Å². The summed E-state index contributed by atoms with van der Waals surface area (Å²) < 4.78 is 19.9. The molecule has 3 atom stereocenters. The number of rotatable bonds is 2. The lowest BCUT2D eigenvalue weighted by Gasteiger charge is -2.32. The van der Waals surface area contributed by atoms with Crippen LogP contribution in [-0.2, 0) is 4.74 Å². The van der Waals surface area contributed by atoms with Crippen molar-refractivity contribution in [2.45, 2.75) is 31.3 Å². The smallest absolute Gasteiger partial charge is 0.330 e. The molecule has 1 fully saturated rings. The standard InChI is InChI=1S/C10H13FN2O4/c11-7-2-1-6(5-14)17-9(7)13-4-3-8(15)12-10(13)16/h3-4,6-7,9,14H,1-2,5H2,(H,12,15,16)/t6-,7?,9?/m0/s1. The van der Waals surface area contributed by atoms with Crippen LogP contribution in [0.3, 0.4) is 0 Å². The minimum Gasteiger partial charge on any atom is -0.394 e. The number of aliphatic hydroxyl groups is 1. The van der Waals surface area contributed by atoms with Crippen molar-refractivity contribution in [3.05, 3.63) is 33.1 Å². The van der Waals surface area contributed by atoms with E-state index in [1.807, 2.05) is 4.98 Å². The number of aromatic nitrogens is 2. The highest BCUT2D eigenvalue weighted by Crippen LogP contribution is 2.28. The van der Waals surface area contributed by atoms with Gasteiger partial charge in [-0.3, -0.25) is 14.3 Å². The van der Waals surface area contributed by atoms with Crippen molar-refractivity contribution in [3.63, 3.8) is 0 Å². The summed E-state index contributed by atoms with van der Waals surface area (Å²) in [7, 11) is 0. The minimum atomic E-state index is -1.33. The van der Waals surface area contributed by atoms with Gasteiger partial charge in [0.15, 0.2) is 6.23 Å². The summed E-state index contributed by atoms with van der Waals surface area (Å²) in [6.45, 7) is -0.221. The SMILES string of the molecule is O=c1ccn(C2O[C@H](CO)CCC2F)c(=O)[nH]1. The van der Waals surface area contributed by atoms with Crippen LogP contribution in [0.1, 0.15) is 19.1 Å². The first kappa shape index (κ1) is 12.0. The molecule has 1 aromatic heterocycles. The quantitative estimate of drug-likeness (QED) is 0.737. The van der Waals surface area contributed by atoms with Gasteiger partial charge in [0, 0.05) is 12.3 Å². The van der Waals surface area contributed by atoms with E-state index in [1.165, 1.54) is 6.20 Å². The molecular formula is C10H13FN2O4. The lowest BCUT2D eigenvalue weighted by atomic mass is 10.1. The van der Waals surface area contributed by atoms with Gasteiger partial charge >= 0.3 is 5.69 Å². The Kier molecular flexibility index (Phi) is 3.39. The molecular weight excluding hydrogens is 231 g/mol. The minimum absolute atomic E-state index is 0.210. The van der Waals surface area contributed by atoms with Crippen LogP contribution >= 0.6 is 0 Å². The molecule has 0 bridgehead atoms. The highest BCUT2D eigenvalue weighted by Gasteiger charge is 2.32. The molecule has 0 saturated carbocycles. The average Bonchev–Trinajstić information content (AvgIpc) is 2.30. The van der Waals surface area contributed by atoms with Gasteiger partial charge in [0.25, 0.3) is 5.56 Å². The molecule has 0 amide bonds. The third kappa shape index (κ3) is 2.45. The molecule has 2 N–H and O–H groups in total. The van der Waals surface area contributed by atoms with E-state index in [4.69, 9.17) is 9.84 Å². The highest BCUT2D eigenvalue weighted by atomic mass is 19.1. The molecule has 17 heavy (non-hydrogen) atoms. The van der Waals surface area contributed by atoms with Gasteiger partial charge in [-0.25, -0.2) is 9.18 Å². The lowest BCUT2D eigenvalue weighted by Crippen LogP contribution is -2.41. The number of alkyl halides is 1. The first-order valence-electron chi connectivity index (χ1n) is 5.33. The fourth-order valence-corrected chi connectivity index (χ4v) is 1.84. The van der Waals surface area contributed by atoms with Crippen molar-refractivity contribution in [2.75, 3.05) is 6.61 Å². The van der Waals surface area contributed by atoms with Crippen LogP contribution in [0.5, 0.6) is 0 Å². The Bertz CT molecular complexity index is 498. The van der Waals surface area contributed by atoms with Crippen LogP contribution in [0.4, 0.5) is 4.39 Å². The maximum absolute atomic E-state index is 13.7. The Balaban J connectivity index is 2.30. The van der Waals surface area contributed by atoms with Crippen molar-refractivity contribution in [3.8, 4) is 0 Å². The largest absolute Gasteiger partial charge is 0.394 e. The van der Waals surface area contributed by atoms with Crippen molar-refractivity contribution in [1.29, 1.82) is 0 Å². The van der Waals surface area contributed by atoms with E-state index in [9.17, 15) is 14.0 Å². The van der Waals surface area contributed by atoms with Crippen LogP contribution in [0.25, 0.3) is 0 Å². The molecule has 7 heteroatoms. The van der Waals surface area contributed by atoms with E-state index < -0.39 is 29.8 Å². The van der Waals surface area contributed by atoms with Crippen molar-refractivity contribution in [2.24, 2.45) is 0 Å². The number of halogens is 1. The van der Waals surface area contributed by atoms with Crippen LogP contribution < -0.4 is 11.2 Å². The monoisotopic (exact) mass is 244 g/mol. The van der Waals surface area contributed by atoms with E-state index in [1.54, 1.807) is 0 Å². The summed E-state index contributed by atoms with van der Waals surface area (Å²) in [5.41, 5.74) is -1.26. The molecule has 0 spiro atoms. The number of hydrogen-bond donors (Lipinski definition) is 2. The molecule has 2 heterocycles. The predicted octanol–water partition coefficient (Wildman–Crippen LogP) is -0.455. The Hall–Kier alpha value is -1.47. The highest BCUT2D eigenvalue weighted by molar-refractivity contribution is 4.87. The van der Waals surface area contributed by atoms with Crippen molar-refractivity contribution in [1.82, 2.24) is 9.55 Å². The third-order valence-electron chi connectivity index (χ3n) is 2.73. The molecule has 0 aromatic carbocycles. The van der Waals surface area contributed by atoms with E-state index >= 15 is 0 Å². The van der Waals surface area contributed by atoms with Gasteiger partial charge < -0.3 is 9.84 Å². The summed E-state index contributed by atoms with van der Waals surface area (Å²) in [6.07, 6.45) is -1.09. The number of H-pyrrole nitrogens is 1. The van der Waals surface area contributed by atoms with E-state index in [0.717, 1.165) is 10.6 Å². The molecule has 1 aromatic rings. The zero-order valence-electron chi connectivity index (χ0n) is 9.01.